The molecule has 0 aliphatic rings. The number of anilines is 1. The Kier molecular flexibility index (Phi) is 4.29. The third-order valence-electron chi connectivity index (χ3n) is 2.74. The topological polar surface area (TPSA) is 68.1 Å². The Bertz CT molecular complexity index is 664. The molecule has 0 radical (unpaired) electrons. The van der Waals surface area contributed by atoms with Crippen LogP contribution in [0.25, 0.3) is 0 Å². The summed E-state index contributed by atoms with van der Waals surface area (Å²) in [4.78, 5) is 14.2. The summed E-state index contributed by atoms with van der Waals surface area (Å²) in [5.74, 6) is 0.175. The molecule has 0 bridgehead atoms. The van der Waals surface area contributed by atoms with Crippen LogP contribution in [0, 0.1) is 22.9 Å². The predicted molar refractivity (Wildman–Crippen MR) is 77.1 cm³/mol. The Balaban J connectivity index is 2.09. The number of nitrogens with zero attached hydrogens (tertiary/aromatic N) is 2. The summed E-state index contributed by atoms with van der Waals surface area (Å²) >= 11 is 3.08. The second kappa shape index (κ2) is 5.96. The smallest absolute Gasteiger partial charge is 0.290 e. The third-order valence-corrected chi connectivity index (χ3v) is 3.38. The molecule has 0 saturated heterocycles. The fourth-order valence-electron chi connectivity index (χ4n) is 1.68. The lowest BCUT2D eigenvalue weighted by molar-refractivity contribution is -0.385. The molecule has 1 aromatic carbocycles. The molecule has 0 unspecified atom stereocenters. The van der Waals surface area contributed by atoms with E-state index in [2.05, 4.69) is 26.2 Å². The van der Waals surface area contributed by atoms with Crippen LogP contribution in [-0.4, -0.2) is 9.91 Å². The van der Waals surface area contributed by atoms with E-state index in [1.165, 1.54) is 12.3 Å². The highest BCUT2D eigenvalue weighted by molar-refractivity contribution is 9.10. The number of halogens is 2. The second-order valence-corrected chi connectivity index (χ2v) is 5.07. The van der Waals surface area contributed by atoms with Gasteiger partial charge in [-0.25, -0.2) is 9.37 Å². The van der Waals surface area contributed by atoms with Gasteiger partial charge in [0.15, 0.2) is 0 Å². The average molecular weight is 340 g/mol. The Morgan fingerprint density at radius 3 is 2.80 bits per heavy atom. The lowest BCUT2D eigenvalue weighted by Gasteiger charge is -2.07. The van der Waals surface area contributed by atoms with Crippen LogP contribution in [0.3, 0.4) is 0 Å². The van der Waals surface area contributed by atoms with Gasteiger partial charge in [-0.3, -0.25) is 10.1 Å². The lowest BCUT2D eigenvalue weighted by Crippen LogP contribution is -2.03. The molecule has 0 fully saturated rings. The van der Waals surface area contributed by atoms with Crippen molar-refractivity contribution in [3.05, 3.63) is 62.0 Å². The highest BCUT2D eigenvalue weighted by Crippen LogP contribution is 2.20. The van der Waals surface area contributed by atoms with Crippen molar-refractivity contribution < 1.29 is 9.31 Å². The van der Waals surface area contributed by atoms with Crippen molar-refractivity contribution in [3.63, 3.8) is 0 Å². The molecule has 7 heteroatoms. The SMILES string of the molecule is Cc1cc(NCc2ccc(Br)c(F)c2)ncc1[N+](=O)[O-]. The maximum atomic E-state index is 13.3. The van der Waals surface area contributed by atoms with Crippen LogP contribution in [0.5, 0.6) is 0 Å². The van der Waals surface area contributed by atoms with Gasteiger partial charge in [0.25, 0.3) is 5.69 Å². The van der Waals surface area contributed by atoms with Gasteiger partial charge < -0.3 is 5.32 Å². The van der Waals surface area contributed by atoms with Gasteiger partial charge in [-0.05, 0) is 46.6 Å². The van der Waals surface area contributed by atoms with E-state index < -0.39 is 4.92 Å². The Morgan fingerprint density at radius 2 is 2.20 bits per heavy atom. The van der Waals surface area contributed by atoms with Crippen LogP contribution in [0.15, 0.2) is 34.9 Å². The summed E-state index contributed by atoms with van der Waals surface area (Å²) in [6.45, 7) is 2.03. The molecular formula is C13H11BrFN3O2. The molecule has 20 heavy (non-hydrogen) atoms. The van der Waals surface area contributed by atoms with Gasteiger partial charge in [0.05, 0.1) is 9.40 Å². The van der Waals surface area contributed by atoms with Gasteiger partial charge in [0, 0.05) is 12.1 Å². The fourth-order valence-corrected chi connectivity index (χ4v) is 1.93. The summed E-state index contributed by atoms with van der Waals surface area (Å²) in [7, 11) is 0. The van der Waals surface area contributed by atoms with Gasteiger partial charge in [-0.1, -0.05) is 6.07 Å². The van der Waals surface area contributed by atoms with Crippen molar-refractivity contribution in [2.24, 2.45) is 0 Å². The lowest BCUT2D eigenvalue weighted by atomic mass is 10.2. The number of benzene rings is 1. The van der Waals surface area contributed by atoms with Crippen molar-refractivity contribution in [3.8, 4) is 0 Å². The monoisotopic (exact) mass is 339 g/mol. The van der Waals surface area contributed by atoms with E-state index in [0.717, 1.165) is 5.56 Å². The first-order valence-electron chi connectivity index (χ1n) is 5.76. The van der Waals surface area contributed by atoms with Crippen LogP contribution >= 0.6 is 15.9 Å². The number of nitrogens with one attached hydrogen (secondary N) is 1. The maximum Gasteiger partial charge on any atom is 0.290 e. The maximum absolute atomic E-state index is 13.3. The number of hydrogen-bond donors (Lipinski definition) is 1. The highest BCUT2D eigenvalue weighted by Gasteiger charge is 2.11. The van der Waals surface area contributed by atoms with Gasteiger partial charge >= 0.3 is 0 Å². The van der Waals surface area contributed by atoms with Gasteiger partial charge in [-0.15, -0.1) is 0 Å². The van der Waals surface area contributed by atoms with E-state index >= 15 is 0 Å². The molecule has 0 aliphatic heterocycles. The Hall–Kier alpha value is -2.02. The van der Waals surface area contributed by atoms with Crippen LogP contribution in [0.4, 0.5) is 15.9 Å². The highest BCUT2D eigenvalue weighted by atomic mass is 79.9. The summed E-state index contributed by atoms with van der Waals surface area (Å²) in [5, 5.41) is 13.7. The number of nitro groups is 1. The zero-order valence-electron chi connectivity index (χ0n) is 10.6. The zero-order valence-corrected chi connectivity index (χ0v) is 12.1. The molecule has 104 valence electrons. The number of hydrogen-bond acceptors (Lipinski definition) is 4. The van der Waals surface area contributed by atoms with Crippen LogP contribution in [0.1, 0.15) is 11.1 Å². The molecule has 0 atom stereocenters. The van der Waals surface area contributed by atoms with E-state index in [9.17, 15) is 14.5 Å². The van der Waals surface area contributed by atoms with E-state index in [4.69, 9.17) is 0 Å². The molecular weight excluding hydrogens is 329 g/mol. The van der Waals surface area contributed by atoms with Crippen molar-refractivity contribution >= 4 is 27.4 Å². The summed E-state index contributed by atoms with van der Waals surface area (Å²) < 4.78 is 13.8. The normalized spacial score (nSPS) is 10.3. The molecule has 1 N–H and O–H groups in total. The van der Waals surface area contributed by atoms with Gasteiger partial charge in [0.2, 0.25) is 0 Å². The largest absolute Gasteiger partial charge is 0.366 e. The molecule has 0 spiro atoms. The molecule has 0 saturated carbocycles. The van der Waals surface area contributed by atoms with Crippen LogP contribution in [0.2, 0.25) is 0 Å². The Labute approximate surface area is 123 Å². The molecule has 1 heterocycles. The second-order valence-electron chi connectivity index (χ2n) is 4.22. The number of aryl methyl sites for hydroxylation is 1. The first kappa shape index (κ1) is 14.4. The number of pyridine rings is 1. The van der Waals surface area contributed by atoms with Crippen molar-refractivity contribution in [2.45, 2.75) is 13.5 Å². The average Bonchev–Trinajstić information content (AvgIpc) is 2.40. The summed E-state index contributed by atoms with van der Waals surface area (Å²) in [6.07, 6.45) is 1.21. The van der Waals surface area contributed by atoms with E-state index in [0.29, 0.717) is 22.4 Å². The molecule has 2 aromatic rings. The summed E-state index contributed by atoms with van der Waals surface area (Å²) in [6, 6.07) is 6.40. The predicted octanol–water partition coefficient (Wildman–Crippen LogP) is 3.81. The van der Waals surface area contributed by atoms with E-state index in [1.54, 1.807) is 25.1 Å². The van der Waals surface area contributed by atoms with Gasteiger partial charge in [0.1, 0.15) is 17.8 Å². The fraction of sp³-hybridized carbons (Fsp3) is 0.154. The van der Waals surface area contributed by atoms with E-state index in [-0.39, 0.29) is 11.5 Å². The Morgan fingerprint density at radius 1 is 1.45 bits per heavy atom. The molecule has 0 amide bonds. The standard InChI is InChI=1S/C13H11BrFN3O2/c1-8-4-13(17-7-12(8)18(19)20)16-6-9-2-3-10(14)11(15)5-9/h2-5,7H,6H2,1H3,(H,16,17). The van der Waals surface area contributed by atoms with Crippen molar-refractivity contribution in [2.75, 3.05) is 5.32 Å². The minimum atomic E-state index is -0.476. The van der Waals surface area contributed by atoms with Crippen LogP contribution in [-0.2, 0) is 6.54 Å². The molecule has 2 rings (SSSR count). The quantitative estimate of drug-likeness (QED) is 0.679. The minimum Gasteiger partial charge on any atom is -0.366 e. The van der Waals surface area contributed by atoms with E-state index in [1.807, 2.05) is 0 Å². The molecule has 5 nitrogen and oxygen atoms in total. The van der Waals surface area contributed by atoms with Crippen molar-refractivity contribution in [1.29, 1.82) is 0 Å². The zero-order chi connectivity index (χ0) is 14.7. The number of rotatable bonds is 4. The van der Waals surface area contributed by atoms with Gasteiger partial charge in [-0.2, -0.15) is 0 Å². The van der Waals surface area contributed by atoms with Crippen molar-refractivity contribution in [1.82, 2.24) is 4.98 Å². The third kappa shape index (κ3) is 3.30. The minimum absolute atomic E-state index is 0.0229. The first-order valence-corrected chi connectivity index (χ1v) is 6.55. The summed E-state index contributed by atoms with van der Waals surface area (Å²) in [5.41, 5.74) is 1.25. The number of aromatic nitrogens is 1. The molecule has 1 aromatic heterocycles. The first-order chi connectivity index (χ1) is 9.47. The molecule has 0 aliphatic carbocycles. The van der Waals surface area contributed by atoms with Crippen LogP contribution < -0.4 is 5.32 Å².